The first-order chi connectivity index (χ1) is 15.1. The van der Waals surface area contributed by atoms with Gasteiger partial charge in [0.15, 0.2) is 0 Å². The summed E-state index contributed by atoms with van der Waals surface area (Å²) in [5.41, 5.74) is 2.43. The molecule has 0 fully saturated rings. The molecule has 31 heavy (non-hydrogen) atoms. The van der Waals surface area contributed by atoms with Crippen molar-refractivity contribution in [2.75, 3.05) is 32.1 Å². The minimum absolute atomic E-state index is 0.0558. The molecule has 2 aromatic rings. The predicted octanol–water partition coefficient (Wildman–Crippen LogP) is 4.58. The number of rotatable bonds is 16. The van der Waals surface area contributed by atoms with Crippen LogP contribution in [0.4, 0.5) is 0 Å². The number of aromatic hydroxyl groups is 1. The smallest absolute Gasteiger partial charge is 0.121 e. The fraction of sp³-hybridized carbons (Fsp3) is 0.520. The number of unbranched alkanes of at least 4 members (excludes halogenated alkanes) is 3. The Hall–Kier alpha value is -1.57. The Balaban J connectivity index is 1.40. The molecule has 2 aromatic carbocycles. The van der Waals surface area contributed by atoms with Gasteiger partial charge in [-0.25, -0.2) is 0 Å². The molecule has 0 amide bonds. The molecule has 1 atom stereocenters. The lowest BCUT2D eigenvalue weighted by Crippen LogP contribution is -2.22. The first-order valence-electron chi connectivity index (χ1n) is 11.2. The summed E-state index contributed by atoms with van der Waals surface area (Å²) < 4.78 is 5.73. The van der Waals surface area contributed by atoms with Gasteiger partial charge in [-0.1, -0.05) is 36.6 Å². The van der Waals surface area contributed by atoms with Crippen LogP contribution in [0.5, 0.6) is 5.75 Å². The normalized spacial score (nSPS) is 12.2. The second kappa shape index (κ2) is 15.3. The molecule has 0 saturated heterocycles. The highest BCUT2D eigenvalue weighted by molar-refractivity contribution is 7.99. The van der Waals surface area contributed by atoms with E-state index in [1.165, 1.54) is 16.5 Å². The second-order valence-electron chi connectivity index (χ2n) is 7.81. The number of phenolic OH excluding ortho intramolecular Hbond substituents is 1. The van der Waals surface area contributed by atoms with Crippen molar-refractivity contribution >= 4 is 11.8 Å². The van der Waals surface area contributed by atoms with E-state index in [1.54, 1.807) is 12.1 Å². The van der Waals surface area contributed by atoms with Crippen LogP contribution in [0.1, 0.15) is 54.9 Å². The van der Waals surface area contributed by atoms with Crippen molar-refractivity contribution in [3.05, 3.63) is 59.2 Å². The van der Waals surface area contributed by atoms with Crippen LogP contribution in [0, 0.1) is 6.92 Å². The lowest BCUT2D eigenvalue weighted by molar-refractivity contribution is 0.131. The number of aliphatic hydroxyl groups excluding tert-OH is 2. The minimum Gasteiger partial charge on any atom is -0.508 e. The maximum absolute atomic E-state index is 10.2. The monoisotopic (exact) mass is 447 g/mol. The van der Waals surface area contributed by atoms with Gasteiger partial charge in [-0.3, -0.25) is 0 Å². The van der Waals surface area contributed by atoms with Crippen LogP contribution in [0.15, 0.2) is 47.4 Å². The van der Waals surface area contributed by atoms with E-state index < -0.39 is 6.10 Å². The summed E-state index contributed by atoms with van der Waals surface area (Å²) in [6, 6.07) is 13.5. The predicted molar refractivity (Wildman–Crippen MR) is 128 cm³/mol. The van der Waals surface area contributed by atoms with Crippen LogP contribution >= 0.6 is 11.8 Å². The number of aryl methyl sites for hydroxylation is 1. The van der Waals surface area contributed by atoms with E-state index in [1.807, 2.05) is 11.8 Å². The maximum Gasteiger partial charge on any atom is 0.121 e. The van der Waals surface area contributed by atoms with E-state index in [0.29, 0.717) is 17.7 Å². The molecule has 0 aliphatic carbocycles. The van der Waals surface area contributed by atoms with Crippen molar-refractivity contribution in [1.29, 1.82) is 0 Å². The minimum atomic E-state index is -0.788. The Morgan fingerprint density at radius 3 is 2.48 bits per heavy atom. The van der Waals surface area contributed by atoms with Gasteiger partial charge in [0.25, 0.3) is 0 Å². The lowest BCUT2D eigenvalue weighted by Gasteiger charge is -2.14. The third-order valence-corrected chi connectivity index (χ3v) is 6.18. The fourth-order valence-corrected chi connectivity index (χ4v) is 4.04. The Kier molecular flexibility index (Phi) is 12.7. The quantitative estimate of drug-likeness (QED) is 0.223. The highest BCUT2D eigenvalue weighted by atomic mass is 32.2. The van der Waals surface area contributed by atoms with Crippen molar-refractivity contribution < 1.29 is 20.1 Å². The summed E-state index contributed by atoms with van der Waals surface area (Å²) in [7, 11) is 0. The molecule has 172 valence electrons. The van der Waals surface area contributed by atoms with Crippen molar-refractivity contribution in [3.63, 3.8) is 0 Å². The van der Waals surface area contributed by atoms with E-state index in [4.69, 9.17) is 4.74 Å². The number of hydrogen-bond acceptors (Lipinski definition) is 6. The zero-order chi connectivity index (χ0) is 22.3. The first kappa shape index (κ1) is 25.7. The van der Waals surface area contributed by atoms with Gasteiger partial charge in [0.05, 0.1) is 12.7 Å². The van der Waals surface area contributed by atoms with Gasteiger partial charge in [0, 0.05) is 36.0 Å². The van der Waals surface area contributed by atoms with Gasteiger partial charge >= 0.3 is 0 Å². The van der Waals surface area contributed by atoms with Crippen LogP contribution in [0.25, 0.3) is 0 Å². The molecule has 0 spiro atoms. The van der Waals surface area contributed by atoms with Gasteiger partial charge in [-0.05, 0) is 62.6 Å². The Labute approximate surface area is 190 Å². The highest BCUT2D eigenvalue weighted by Crippen LogP contribution is 2.25. The second-order valence-corrected chi connectivity index (χ2v) is 8.98. The molecule has 0 saturated carbocycles. The largest absolute Gasteiger partial charge is 0.508 e. The van der Waals surface area contributed by atoms with E-state index in [2.05, 4.69) is 36.5 Å². The highest BCUT2D eigenvalue weighted by Gasteiger charge is 2.12. The Bertz CT molecular complexity index is 739. The number of aliphatic hydroxyl groups is 2. The molecular formula is C25H37NO4S. The summed E-state index contributed by atoms with van der Waals surface area (Å²) in [5, 5.41) is 32.5. The van der Waals surface area contributed by atoms with E-state index in [0.717, 1.165) is 57.6 Å². The van der Waals surface area contributed by atoms with Gasteiger partial charge in [-0.2, -0.15) is 0 Å². The molecule has 0 bridgehead atoms. The average molecular weight is 448 g/mol. The molecule has 5 nitrogen and oxygen atoms in total. The van der Waals surface area contributed by atoms with E-state index in [-0.39, 0.29) is 12.4 Å². The summed E-state index contributed by atoms with van der Waals surface area (Å²) in [6.45, 7) is 4.85. The van der Waals surface area contributed by atoms with Gasteiger partial charge in [-0.15, -0.1) is 11.8 Å². The van der Waals surface area contributed by atoms with E-state index in [9.17, 15) is 15.3 Å². The number of phenols is 1. The average Bonchev–Trinajstić information content (AvgIpc) is 2.78. The summed E-state index contributed by atoms with van der Waals surface area (Å²) in [4.78, 5) is 1.32. The Morgan fingerprint density at radius 1 is 0.968 bits per heavy atom. The molecule has 0 heterocycles. The van der Waals surface area contributed by atoms with Gasteiger partial charge in [0.1, 0.15) is 5.75 Å². The molecule has 0 radical (unpaired) electrons. The van der Waals surface area contributed by atoms with Crippen LogP contribution < -0.4 is 5.32 Å². The first-order valence-corrected chi connectivity index (χ1v) is 12.2. The molecule has 0 aliphatic heterocycles. The summed E-state index contributed by atoms with van der Waals surface area (Å²) in [6.07, 6.45) is 4.67. The van der Waals surface area contributed by atoms with Crippen molar-refractivity contribution in [1.82, 2.24) is 5.32 Å². The van der Waals surface area contributed by atoms with E-state index >= 15 is 0 Å². The molecule has 0 aromatic heterocycles. The molecule has 2 rings (SSSR count). The van der Waals surface area contributed by atoms with Crippen molar-refractivity contribution in [2.45, 2.75) is 56.6 Å². The number of benzene rings is 2. The molecule has 6 heteroatoms. The van der Waals surface area contributed by atoms with Crippen LogP contribution in [0.3, 0.4) is 0 Å². The molecule has 0 aliphatic rings. The van der Waals surface area contributed by atoms with Crippen molar-refractivity contribution in [3.8, 4) is 5.75 Å². The molecule has 1 unspecified atom stereocenters. The number of nitrogens with one attached hydrogen (secondary N) is 1. The third kappa shape index (κ3) is 10.5. The molecular weight excluding hydrogens is 410 g/mol. The number of thioether (sulfide) groups is 1. The van der Waals surface area contributed by atoms with Crippen LogP contribution in [-0.2, 0) is 11.3 Å². The summed E-state index contributed by atoms with van der Waals surface area (Å²) >= 11 is 1.88. The SMILES string of the molecule is Cc1ccc(SCCCOCCCCCCNCC(O)c2cc(CO)ccc2O)cc1. The third-order valence-electron chi connectivity index (χ3n) is 5.09. The molecule has 4 N–H and O–H groups in total. The number of ether oxygens (including phenoxy) is 1. The fourth-order valence-electron chi connectivity index (χ4n) is 3.21. The van der Waals surface area contributed by atoms with Crippen molar-refractivity contribution in [2.24, 2.45) is 0 Å². The van der Waals surface area contributed by atoms with Crippen LogP contribution in [0.2, 0.25) is 0 Å². The maximum atomic E-state index is 10.2. The van der Waals surface area contributed by atoms with Gasteiger partial charge < -0.3 is 25.4 Å². The number of hydrogen-bond donors (Lipinski definition) is 4. The topological polar surface area (TPSA) is 82.0 Å². The zero-order valence-corrected chi connectivity index (χ0v) is 19.4. The van der Waals surface area contributed by atoms with Gasteiger partial charge in [0.2, 0.25) is 0 Å². The summed E-state index contributed by atoms with van der Waals surface area (Å²) in [5.74, 6) is 1.14. The lowest BCUT2D eigenvalue weighted by atomic mass is 10.0. The standard InChI is InChI=1S/C25H37NO4S/c1-20-7-10-22(11-8-20)31-16-6-15-30-14-5-3-2-4-13-26-18-25(29)23-17-21(19-27)9-12-24(23)28/h7-12,17,25-29H,2-6,13-16,18-19H2,1H3. The zero-order valence-electron chi connectivity index (χ0n) is 18.6. The van der Waals surface area contributed by atoms with Crippen LogP contribution in [-0.4, -0.2) is 47.4 Å². The Morgan fingerprint density at radius 2 is 1.71 bits per heavy atom.